The standard InChI is InChI=1S/C32H36N4O2/c1-19(2)29-27-18-23(7-10-28(27)34-30(29)24-16-20(3)33-21(4)17-24)22-11-14-35(15-12-22)31(37)26-6-5-13-36(32(26)38)25-8-9-25/h5-7,10,13,16-19,22,25,34H,8-9,11-12,14-15H2,1-4H3. The van der Waals surface area contributed by atoms with Crippen molar-refractivity contribution in [3.8, 4) is 11.3 Å². The third-order valence-electron chi connectivity index (χ3n) is 8.21. The monoisotopic (exact) mass is 508 g/mol. The van der Waals surface area contributed by atoms with Gasteiger partial charge in [-0.05, 0) is 98.9 Å². The van der Waals surface area contributed by atoms with E-state index in [0.717, 1.165) is 42.6 Å². The van der Waals surface area contributed by atoms with Crippen molar-refractivity contribution in [2.45, 2.75) is 71.3 Å². The van der Waals surface area contributed by atoms with E-state index in [1.807, 2.05) is 31.0 Å². The van der Waals surface area contributed by atoms with Gasteiger partial charge in [-0.3, -0.25) is 14.6 Å². The summed E-state index contributed by atoms with van der Waals surface area (Å²) in [7, 11) is 0. The van der Waals surface area contributed by atoms with Crippen molar-refractivity contribution in [2.24, 2.45) is 0 Å². The normalized spacial score (nSPS) is 16.5. The highest BCUT2D eigenvalue weighted by Crippen LogP contribution is 2.39. The lowest BCUT2D eigenvalue weighted by atomic mass is 9.87. The zero-order valence-corrected chi connectivity index (χ0v) is 22.8. The number of hydrogen-bond acceptors (Lipinski definition) is 3. The van der Waals surface area contributed by atoms with Gasteiger partial charge in [-0.25, -0.2) is 0 Å². The molecule has 6 rings (SSSR count). The molecule has 1 aliphatic carbocycles. The predicted octanol–water partition coefficient (Wildman–Crippen LogP) is 6.49. The van der Waals surface area contributed by atoms with Crippen LogP contribution in [0.25, 0.3) is 22.2 Å². The van der Waals surface area contributed by atoms with Gasteiger partial charge in [-0.2, -0.15) is 0 Å². The first kappa shape index (κ1) is 24.7. The molecule has 2 fully saturated rings. The second-order valence-corrected chi connectivity index (χ2v) is 11.4. The minimum Gasteiger partial charge on any atom is -0.354 e. The van der Waals surface area contributed by atoms with Gasteiger partial charge < -0.3 is 14.5 Å². The first-order valence-corrected chi connectivity index (χ1v) is 13.9. The van der Waals surface area contributed by atoms with Crippen LogP contribution in [0.15, 0.2) is 53.5 Å². The van der Waals surface area contributed by atoms with Crippen LogP contribution in [0.1, 0.15) is 90.3 Å². The number of likely N-dealkylation sites (tertiary alicyclic amines) is 1. The molecule has 0 atom stereocenters. The van der Waals surface area contributed by atoms with Gasteiger partial charge in [-0.1, -0.05) is 19.9 Å². The fourth-order valence-electron chi connectivity index (χ4n) is 6.19. The van der Waals surface area contributed by atoms with Gasteiger partial charge in [0.2, 0.25) is 0 Å². The van der Waals surface area contributed by atoms with E-state index >= 15 is 0 Å². The highest BCUT2D eigenvalue weighted by Gasteiger charge is 2.29. The molecule has 1 saturated carbocycles. The number of aromatic amines is 1. The Morgan fingerprint density at radius 3 is 2.37 bits per heavy atom. The Balaban J connectivity index is 1.24. The van der Waals surface area contributed by atoms with E-state index in [1.54, 1.807) is 10.6 Å². The number of aromatic nitrogens is 3. The van der Waals surface area contributed by atoms with Crippen LogP contribution < -0.4 is 5.56 Å². The topological polar surface area (TPSA) is 71.0 Å². The van der Waals surface area contributed by atoms with E-state index in [-0.39, 0.29) is 17.5 Å². The van der Waals surface area contributed by atoms with Gasteiger partial charge in [0, 0.05) is 53.2 Å². The number of aryl methyl sites for hydroxylation is 2. The number of nitrogens with zero attached hydrogens (tertiary/aromatic N) is 3. The molecule has 1 aliphatic heterocycles. The number of amides is 1. The second-order valence-electron chi connectivity index (χ2n) is 11.4. The molecule has 4 aromatic rings. The molecule has 196 valence electrons. The van der Waals surface area contributed by atoms with Crippen molar-refractivity contribution < 1.29 is 4.79 Å². The van der Waals surface area contributed by atoms with Crippen molar-refractivity contribution >= 4 is 16.8 Å². The number of benzene rings is 1. The van der Waals surface area contributed by atoms with Crippen LogP contribution in [0, 0.1) is 13.8 Å². The Hall–Kier alpha value is -3.67. The SMILES string of the molecule is Cc1cc(-c2[nH]c3ccc(C4CCN(C(=O)c5cccn(C6CC6)c5=O)CC4)cc3c2C(C)C)cc(C)n1. The minimum absolute atomic E-state index is 0.126. The van der Waals surface area contributed by atoms with Crippen LogP contribution >= 0.6 is 0 Å². The Bertz CT molecular complexity index is 1560. The van der Waals surface area contributed by atoms with E-state index in [9.17, 15) is 9.59 Å². The van der Waals surface area contributed by atoms with Gasteiger partial charge in [-0.15, -0.1) is 0 Å². The van der Waals surface area contributed by atoms with Crippen LogP contribution in [0.5, 0.6) is 0 Å². The van der Waals surface area contributed by atoms with E-state index in [1.165, 1.54) is 27.8 Å². The molecule has 1 aromatic carbocycles. The Morgan fingerprint density at radius 2 is 1.71 bits per heavy atom. The first-order chi connectivity index (χ1) is 18.3. The van der Waals surface area contributed by atoms with Crippen molar-refractivity contribution in [3.63, 3.8) is 0 Å². The molecule has 6 nitrogen and oxygen atoms in total. The first-order valence-electron chi connectivity index (χ1n) is 13.9. The second kappa shape index (κ2) is 9.57. The zero-order valence-electron chi connectivity index (χ0n) is 22.8. The number of rotatable bonds is 5. The molecule has 6 heteroatoms. The maximum atomic E-state index is 13.2. The van der Waals surface area contributed by atoms with Crippen LogP contribution in [0.2, 0.25) is 0 Å². The molecule has 0 radical (unpaired) electrons. The molecule has 0 spiro atoms. The van der Waals surface area contributed by atoms with Gasteiger partial charge >= 0.3 is 0 Å². The molecule has 3 aromatic heterocycles. The van der Waals surface area contributed by atoms with Gasteiger partial charge in [0.05, 0.1) is 5.69 Å². The fraction of sp³-hybridized carbons (Fsp3) is 0.406. The third kappa shape index (κ3) is 4.46. The lowest BCUT2D eigenvalue weighted by molar-refractivity contribution is 0.0710. The summed E-state index contributed by atoms with van der Waals surface area (Å²) in [4.78, 5) is 36.2. The van der Waals surface area contributed by atoms with Crippen LogP contribution in [0.3, 0.4) is 0 Å². The largest absolute Gasteiger partial charge is 0.354 e. The van der Waals surface area contributed by atoms with Crippen molar-refractivity contribution in [1.29, 1.82) is 0 Å². The average molecular weight is 509 g/mol. The maximum Gasteiger partial charge on any atom is 0.263 e. The number of fused-ring (bicyclic) bond motifs is 1. The molecule has 1 N–H and O–H groups in total. The lowest BCUT2D eigenvalue weighted by Crippen LogP contribution is -2.41. The highest BCUT2D eigenvalue weighted by atomic mass is 16.2. The summed E-state index contributed by atoms with van der Waals surface area (Å²) in [5, 5.41) is 1.28. The molecule has 0 unspecified atom stereocenters. The summed E-state index contributed by atoms with van der Waals surface area (Å²) in [6.07, 6.45) is 5.66. The number of pyridine rings is 2. The predicted molar refractivity (Wildman–Crippen MR) is 152 cm³/mol. The van der Waals surface area contributed by atoms with E-state index < -0.39 is 0 Å². The van der Waals surface area contributed by atoms with Crippen molar-refractivity contribution in [2.75, 3.05) is 13.1 Å². The average Bonchev–Trinajstić information content (AvgIpc) is 3.66. The third-order valence-corrected chi connectivity index (χ3v) is 8.21. The molecule has 0 bridgehead atoms. The smallest absolute Gasteiger partial charge is 0.263 e. The maximum absolute atomic E-state index is 13.2. The molecule has 1 saturated heterocycles. The van der Waals surface area contributed by atoms with Crippen molar-refractivity contribution in [1.82, 2.24) is 19.4 Å². The zero-order chi connectivity index (χ0) is 26.6. The Kier molecular flexibility index (Phi) is 6.21. The quantitative estimate of drug-likeness (QED) is 0.335. The molecular weight excluding hydrogens is 472 g/mol. The summed E-state index contributed by atoms with van der Waals surface area (Å²) in [5.41, 5.74) is 8.41. The number of piperidine rings is 1. The summed E-state index contributed by atoms with van der Waals surface area (Å²) in [6, 6.07) is 14.9. The van der Waals surface area contributed by atoms with Crippen molar-refractivity contribution in [3.05, 3.63) is 87.1 Å². The number of carbonyl (C=O) groups excluding carboxylic acids is 1. The highest BCUT2D eigenvalue weighted by molar-refractivity contribution is 5.94. The van der Waals surface area contributed by atoms with E-state index in [0.29, 0.717) is 30.5 Å². The number of hydrogen-bond donors (Lipinski definition) is 1. The number of nitrogens with one attached hydrogen (secondary N) is 1. The van der Waals surface area contributed by atoms with Gasteiger partial charge in [0.15, 0.2) is 0 Å². The summed E-state index contributed by atoms with van der Waals surface area (Å²) >= 11 is 0. The number of carbonyl (C=O) groups is 1. The fourth-order valence-corrected chi connectivity index (χ4v) is 6.19. The summed E-state index contributed by atoms with van der Waals surface area (Å²) < 4.78 is 1.74. The summed E-state index contributed by atoms with van der Waals surface area (Å²) in [6.45, 7) is 9.94. The Labute approximate surface area is 223 Å². The van der Waals surface area contributed by atoms with Crippen LogP contribution in [-0.4, -0.2) is 38.4 Å². The Morgan fingerprint density at radius 1 is 1.00 bits per heavy atom. The number of H-pyrrole nitrogens is 1. The molecule has 4 heterocycles. The molecule has 1 amide bonds. The van der Waals surface area contributed by atoms with E-state index in [4.69, 9.17) is 0 Å². The van der Waals surface area contributed by atoms with Crippen LogP contribution in [0.4, 0.5) is 0 Å². The molecule has 2 aliphatic rings. The van der Waals surface area contributed by atoms with Gasteiger partial charge in [0.25, 0.3) is 11.5 Å². The molecule has 38 heavy (non-hydrogen) atoms. The van der Waals surface area contributed by atoms with Crippen LogP contribution in [-0.2, 0) is 0 Å². The van der Waals surface area contributed by atoms with Gasteiger partial charge in [0.1, 0.15) is 5.56 Å². The minimum atomic E-state index is -0.142. The lowest BCUT2D eigenvalue weighted by Gasteiger charge is -2.32. The van der Waals surface area contributed by atoms with E-state index in [2.05, 4.69) is 54.1 Å². The molecular formula is C32H36N4O2. The summed E-state index contributed by atoms with van der Waals surface area (Å²) in [5.74, 6) is 0.637.